The number of fused-ring (bicyclic) bond motifs is 1. The first-order valence-corrected chi connectivity index (χ1v) is 12.9. The van der Waals surface area contributed by atoms with E-state index in [-0.39, 0.29) is 11.9 Å². The van der Waals surface area contributed by atoms with E-state index < -0.39 is 0 Å². The van der Waals surface area contributed by atoms with Crippen LogP contribution >= 0.6 is 0 Å². The van der Waals surface area contributed by atoms with Crippen molar-refractivity contribution in [3.05, 3.63) is 77.9 Å². The molecule has 198 valence electrons. The Morgan fingerprint density at radius 3 is 2.51 bits per heavy atom. The molecule has 11 heteroatoms. The molecular weight excluding hydrogens is 494 g/mol. The Morgan fingerprint density at radius 1 is 1.03 bits per heavy atom. The number of nitrogen functional groups attached to an aromatic ring is 1. The number of morpholine rings is 1. The van der Waals surface area contributed by atoms with Crippen molar-refractivity contribution in [2.75, 3.05) is 55.4 Å². The molecule has 5 heterocycles. The van der Waals surface area contributed by atoms with E-state index in [4.69, 9.17) is 20.4 Å². The molecule has 2 N–H and O–H groups in total. The van der Waals surface area contributed by atoms with Gasteiger partial charge in [-0.1, -0.05) is 6.07 Å². The van der Waals surface area contributed by atoms with Crippen molar-refractivity contribution in [2.45, 2.75) is 13.0 Å². The van der Waals surface area contributed by atoms with E-state index in [9.17, 15) is 4.79 Å². The van der Waals surface area contributed by atoms with Crippen LogP contribution in [-0.4, -0.2) is 75.6 Å². The van der Waals surface area contributed by atoms with Gasteiger partial charge in [-0.3, -0.25) is 9.78 Å². The highest BCUT2D eigenvalue weighted by Gasteiger charge is 2.29. The first-order valence-electron chi connectivity index (χ1n) is 12.9. The largest absolute Gasteiger partial charge is 0.378 e. The van der Waals surface area contributed by atoms with Crippen molar-refractivity contribution in [1.29, 1.82) is 0 Å². The zero-order valence-corrected chi connectivity index (χ0v) is 21.7. The van der Waals surface area contributed by atoms with Gasteiger partial charge in [0, 0.05) is 80.4 Å². The van der Waals surface area contributed by atoms with Gasteiger partial charge in [0.25, 0.3) is 5.91 Å². The van der Waals surface area contributed by atoms with Crippen molar-refractivity contribution in [2.24, 2.45) is 0 Å². The fourth-order valence-electron chi connectivity index (χ4n) is 4.94. The van der Waals surface area contributed by atoms with E-state index in [1.54, 1.807) is 36.7 Å². The number of ether oxygens (including phenoxy) is 1. The minimum Gasteiger partial charge on any atom is -0.378 e. The molecule has 2 aliphatic heterocycles. The lowest BCUT2D eigenvalue weighted by molar-refractivity contribution is 0.0785. The fraction of sp³-hybridized carbons (Fsp3) is 0.286. The molecule has 0 atom stereocenters. The second kappa shape index (κ2) is 10.6. The molecular formula is C28H29N9O2. The summed E-state index contributed by atoms with van der Waals surface area (Å²) in [5.74, 6) is 1.68. The summed E-state index contributed by atoms with van der Waals surface area (Å²) in [4.78, 5) is 41.5. The number of pyridine rings is 1. The van der Waals surface area contributed by atoms with Gasteiger partial charge in [0.2, 0.25) is 11.9 Å². The van der Waals surface area contributed by atoms with Gasteiger partial charge in [0.05, 0.1) is 18.9 Å². The lowest BCUT2D eigenvalue weighted by Gasteiger charge is -2.28. The van der Waals surface area contributed by atoms with Crippen LogP contribution in [0, 0.1) is 0 Å². The molecule has 2 aliphatic rings. The number of carbonyl (C=O) groups is 1. The molecule has 0 saturated carbocycles. The van der Waals surface area contributed by atoms with Gasteiger partial charge in [-0.05, 0) is 42.3 Å². The van der Waals surface area contributed by atoms with Crippen LogP contribution in [0.25, 0.3) is 11.3 Å². The minimum atomic E-state index is -0.0465. The second-order valence-electron chi connectivity index (χ2n) is 9.57. The Bertz CT molecular complexity index is 1460. The molecule has 39 heavy (non-hydrogen) atoms. The maximum Gasteiger partial charge on any atom is 0.253 e. The second-order valence-corrected chi connectivity index (χ2v) is 9.57. The number of carbonyl (C=O) groups excluding carboxylic acids is 1. The molecule has 3 aromatic heterocycles. The summed E-state index contributed by atoms with van der Waals surface area (Å²) in [7, 11) is 1.80. The summed E-state index contributed by atoms with van der Waals surface area (Å²) in [6, 6.07) is 11.5. The number of amides is 1. The number of nitrogens with zero attached hydrogens (tertiary/aromatic N) is 8. The highest BCUT2D eigenvalue weighted by Crippen LogP contribution is 2.39. The molecule has 0 bridgehead atoms. The Hall–Kier alpha value is -4.64. The van der Waals surface area contributed by atoms with Crippen LogP contribution in [0.15, 0.2) is 61.2 Å². The monoisotopic (exact) mass is 523 g/mol. The summed E-state index contributed by atoms with van der Waals surface area (Å²) in [6.07, 6.45) is 7.68. The highest BCUT2D eigenvalue weighted by atomic mass is 16.5. The van der Waals surface area contributed by atoms with Gasteiger partial charge in [-0.2, -0.15) is 4.98 Å². The van der Waals surface area contributed by atoms with Crippen LogP contribution in [0.4, 0.5) is 23.4 Å². The maximum absolute atomic E-state index is 13.1. The molecule has 0 radical (unpaired) electrons. The van der Waals surface area contributed by atoms with Crippen molar-refractivity contribution < 1.29 is 9.53 Å². The standard InChI is InChI=1S/C28H29N9O2/c1-35(18-19-3-2-9-30-15-19)26(38)20-4-6-22(7-5-20)37-10-8-23-24(21-16-31-27(29)32-17-21)33-28(34-25(23)37)36-11-13-39-14-12-36/h2-7,9,15-17H,8,10-14,18H2,1H3,(H2,29,31,32). The lowest BCUT2D eigenvalue weighted by atomic mass is 10.1. The number of aromatic nitrogens is 5. The summed E-state index contributed by atoms with van der Waals surface area (Å²) >= 11 is 0. The molecule has 11 nitrogen and oxygen atoms in total. The van der Waals surface area contributed by atoms with Gasteiger partial charge >= 0.3 is 0 Å². The van der Waals surface area contributed by atoms with Crippen LogP contribution in [0.3, 0.4) is 0 Å². The van der Waals surface area contributed by atoms with Gasteiger partial charge in [-0.25, -0.2) is 15.0 Å². The van der Waals surface area contributed by atoms with Crippen molar-refractivity contribution in [3.8, 4) is 11.3 Å². The van der Waals surface area contributed by atoms with E-state index in [1.807, 2.05) is 36.4 Å². The zero-order chi connectivity index (χ0) is 26.8. The predicted octanol–water partition coefficient (Wildman–Crippen LogP) is 2.71. The van der Waals surface area contributed by atoms with Crippen LogP contribution in [0.1, 0.15) is 21.5 Å². The van der Waals surface area contributed by atoms with Gasteiger partial charge in [-0.15, -0.1) is 0 Å². The van der Waals surface area contributed by atoms with Crippen LogP contribution in [-0.2, 0) is 17.7 Å². The molecule has 0 spiro atoms. The average molecular weight is 524 g/mol. The normalized spacial score (nSPS) is 14.8. The Kier molecular flexibility index (Phi) is 6.72. The number of anilines is 4. The van der Waals surface area contributed by atoms with Gasteiger partial charge in [0.1, 0.15) is 5.82 Å². The Labute approximate surface area is 226 Å². The van der Waals surface area contributed by atoms with E-state index in [2.05, 4.69) is 24.8 Å². The fourth-order valence-corrected chi connectivity index (χ4v) is 4.94. The third-order valence-corrected chi connectivity index (χ3v) is 6.97. The number of hydrogen-bond acceptors (Lipinski definition) is 10. The van der Waals surface area contributed by atoms with E-state index in [0.717, 1.165) is 59.9 Å². The van der Waals surface area contributed by atoms with Crippen molar-refractivity contribution >= 4 is 29.3 Å². The summed E-state index contributed by atoms with van der Waals surface area (Å²) in [5.41, 5.74) is 11.0. The highest BCUT2D eigenvalue weighted by molar-refractivity contribution is 5.94. The number of rotatable bonds is 6. The number of hydrogen-bond donors (Lipinski definition) is 1. The molecule has 0 unspecified atom stereocenters. The first-order chi connectivity index (χ1) is 19.1. The number of benzene rings is 1. The molecule has 1 fully saturated rings. The topological polar surface area (TPSA) is 126 Å². The maximum atomic E-state index is 13.1. The van der Waals surface area contributed by atoms with Crippen molar-refractivity contribution in [3.63, 3.8) is 0 Å². The average Bonchev–Trinajstić information content (AvgIpc) is 3.42. The molecule has 1 amide bonds. The molecule has 0 aliphatic carbocycles. The predicted molar refractivity (Wildman–Crippen MR) is 148 cm³/mol. The summed E-state index contributed by atoms with van der Waals surface area (Å²) in [5, 5.41) is 0. The third kappa shape index (κ3) is 5.08. The molecule has 1 saturated heterocycles. The Balaban J connectivity index is 1.29. The van der Waals surface area contributed by atoms with Gasteiger partial charge < -0.3 is 25.2 Å². The number of nitrogens with two attached hydrogens (primary N) is 1. The minimum absolute atomic E-state index is 0.0465. The van der Waals surface area contributed by atoms with Crippen LogP contribution in [0.5, 0.6) is 0 Å². The Morgan fingerprint density at radius 2 is 1.79 bits per heavy atom. The summed E-state index contributed by atoms with van der Waals surface area (Å²) < 4.78 is 5.54. The SMILES string of the molecule is CN(Cc1cccnc1)C(=O)c1ccc(N2CCc3c(-c4cnc(N)nc4)nc(N4CCOCC4)nc32)cc1. The van der Waals surface area contributed by atoms with E-state index in [1.165, 1.54) is 0 Å². The molecule has 6 rings (SSSR count). The quantitative estimate of drug-likeness (QED) is 0.403. The summed E-state index contributed by atoms with van der Waals surface area (Å²) in [6.45, 7) is 3.95. The molecule has 4 aromatic rings. The van der Waals surface area contributed by atoms with E-state index in [0.29, 0.717) is 31.3 Å². The van der Waals surface area contributed by atoms with Gasteiger partial charge in [0.15, 0.2) is 0 Å². The van der Waals surface area contributed by atoms with Crippen molar-refractivity contribution in [1.82, 2.24) is 29.8 Å². The smallest absolute Gasteiger partial charge is 0.253 e. The third-order valence-electron chi connectivity index (χ3n) is 6.97. The van der Waals surface area contributed by atoms with Crippen LogP contribution < -0.4 is 15.5 Å². The zero-order valence-electron chi connectivity index (χ0n) is 21.7. The lowest BCUT2D eigenvalue weighted by Crippen LogP contribution is -2.37. The first kappa shape index (κ1) is 24.7. The molecule has 1 aromatic carbocycles. The van der Waals surface area contributed by atoms with E-state index >= 15 is 0 Å². The van der Waals surface area contributed by atoms with Crippen LogP contribution in [0.2, 0.25) is 0 Å².